The molecule has 2 rings (SSSR count). The van der Waals surface area contributed by atoms with Gasteiger partial charge >= 0.3 is 0 Å². The molecule has 0 aliphatic heterocycles. The minimum atomic E-state index is -0.947. The van der Waals surface area contributed by atoms with Gasteiger partial charge in [-0.3, -0.25) is 0 Å². The van der Waals surface area contributed by atoms with E-state index in [1.165, 1.54) is 32.1 Å². The maximum Gasteiger partial charge on any atom is 0.114 e. The van der Waals surface area contributed by atoms with Crippen LogP contribution in [0.25, 0.3) is 0 Å². The van der Waals surface area contributed by atoms with Gasteiger partial charge in [-0.2, -0.15) is 0 Å². The van der Waals surface area contributed by atoms with Crippen LogP contribution in [0.2, 0.25) is 0 Å². The zero-order valence-electron chi connectivity index (χ0n) is 13.5. The molecule has 1 atom stereocenters. The Labute approximate surface area is 129 Å². The molecule has 0 saturated heterocycles. The first kappa shape index (κ1) is 16.5. The number of benzene rings is 1. The van der Waals surface area contributed by atoms with E-state index in [-0.39, 0.29) is 6.54 Å². The van der Waals surface area contributed by atoms with Gasteiger partial charge in [-0.1, -0.05) is 43.7 Å². The molecule has 1 unspecified atom stereocenters. The highest BCUT2D eigenvalue weighted by molar-refractivity contribution is 5.23. The van der Waals surface area contributed by atoms with E-state index in [1.807, 2.05) is 30.3 Å². The average Bonchev–Trinajstić information content (AvgIpc) is 2.55. The standard InChI is InChI=1S/C18H30N2O/c1-3-15-9-11-17(12-10-15)20(2)14-18(21,13-19)16-7-5-4-6-8-16/h4-8,15,17,21H,3,9-14,19H2,1-2H3. The zero-order chi connectivity index (χ0) is 15.3. The van der Waals surface area contributed by atoms with Gasteiger partial charge in [0.15, 0.2) is 0 Å². The molecule has 0 amide bonds. The second kappa shape index (κ2) is 7.39. The van der Waals surface area contributed by atoms with Crippen molar-refractivity contribution in [2.45, 2.75) is 50.7 Å². The van der Waals surface area contributed by atoms with Gasteiger partial charge in [0.05, 0.1) is 0 Å². The lowest BCUT2D eigenvalue weighted by molar-refractivity contribution is -0.00397. The highest BCUT2D eigenvalue weighted by atomic mass is 16.3. The van der Waals surface area contributed by atoms with Crippen LogP contribution in [0.3, 0.4) is 0 Å². The second-order valence-electron chi connectivity index (χ2n) is 6.60. The molecule has 0 bridgehead atoms. The molecule has 0 spiro atoms. The number of rotatable bonds is 6. The first-order valence-corrected chi connectivity index (χ1v) is 8.27. The number of nitrogens with two attached hydrogens (primary N) is 1. The van der Waals surface area contributed by atoms with Gasteiger partial charge in [-0.15, -0.1) is 0 Å². The second-order valence-corrected chi connectivity index (χ2v) is 6.60. The third-order valence-electron chi connectivity index (χ3n) is 5.18. The monoisotopic (exact) mass is 290 g/mol. The molecular weight excluding hydrogens is 260 g/mol. The molecule has 1 saturated carbocycles. The Balaban J connectivity index is 1.98. The van der Waals surface area contributed by atoms with Gasteiger partial charge in [-0.05, 0) is 44.2 Å². The van der Waals surface area contributed by atoms with Crippen molar-refractivity contribution in [2.24, 2.45) is 11.7 Å². The minimum absolute atomic E-state index is 0.256. The number of hydrogen-bond acceptors (Lipinski definition) is 3. The van der Waals surface area contributed by atoms with Crippen LogP contribution in [-0.4, -0.2) is 36.2 Å². The smallest absolute Gasteiger partial charge is 0.114 e. The molecule has 3 N–H and O–H groups in total. The lowest BCUT2D eigenvalue weighted by Gasteiger charge is -2.39. The summed E-state index contributed by atoms with van der Waals surface area (Å²) < 4.78 is 0. The quantitative estimate of drug-likeness (QED) is 0.847. The SMILES string of the molecule is CCC1CCC(N(C)CC(O)(CN)c2ccccc2)CC1. The summed E-state index contributed by atoms with van der Waals surface area (Å²) in [5.41, 5.74) is 5.86. The lowest BCUT2D eigenvalue weighted by atomic mass is 9.83. The van der Waals surface area contributed by atoms with Crippen LogP contribution in [0.1, 0.15) is 44.6 Å². The van der Waals surface area contributed by atoms with Crippen LogP contribution in [0.15, 0.2) is 30.3 Å². The molecule has 3 heteroatoms. The van der Waals surface area contributed by atoms with E-state index in [9.17, 15) is 5.11 Å². The van der Waals surface area contributed by atoms with Crippen LogP contribution in [0, 0.1) is 5.92 Å². The Morgan fingerprint density at radius 1 is 1.19 bits per heavy atom. The number of likely N-dealkylation sites (N-methyl/N-ethyl adjacent to an activating group) is 1. The van der Waals surface area contributed by atoms with Crippen molar-refractivity contribution in [3.63, 3.8) is 0 Å². The van der Waals surface area contributed by atoms with Gasteiger partial charge in [0.1, 0.15) is 5.60 Å². The van der Waals surface area contributed by atoms with Crippen molar-refractivity contribution in [1.29, 1.82) is 0 Å². The van der Waals surface area contributed by atoms with E-state index < -0.39 is 5.60 Å². The van der Waals surface area contributed by atoms with Crippen LogP contribution < -0.4 is 5.73 Å². The Bertz CT molecular complexity index is 414. The Morgan fingerprint density at radius 2 is 1.81 bits per heavy atom. The normalized spacial score (nSPS) is 25.8. The number of hydrogen-bond donors (Lipinski definition) is 2. The molecule has 1 fully saturated rings. The first-order valence-electron chi connectivity index (χ1n) is 8.27. The average molecular weight is 290 g/mol. The molecule has 0 radical (unpaired) electrons. The summed E-state index contributed by atoms with van der Waals surface area (Å²) >= 11 is 0. The predicted octanol–water partition coefficient (Wildman–Crippen LogP) is 2.73. The predicted molar refractivity (Wildman–Crippen MR) is 88.1 cm³/mol. The highest BCUT2D eigenvalue weighted by Crippen LogP contribution is 2.30. The third-order valence-corrected chi connectivity index (χ3v) is 5.18. The maximum atomic E-state index is 10.9. The van der Waals surface area contributed by atoms with Gasteiger partial charge in [0, 0.05) is 19.1 Å². The fraction of sp³-hybridized carbons (Fsp3) is 0.667. The molecule has 0 aromatic heterocycles. The number of nitrogens with zero attached hydrogens (tertiary/aromatic N) is 1. The van der Waals surface area contributed by atoms with Crippen LogP contribution >= 0.6 is 0 Å². The summed E-state index contributed by atoms with van der Waals surface area (Å²) in [6.45, 7) is 3.15. The molecule has 3 nitrogen and oxygen atoms in total. The van der Waals surface area contributed by atoms with Gasteiger partial charge < -0.3 is 15.7 Å². The van der Waals surface area contributed by atoms with Crippen LogP contribution in [0.5, 0.6) is 0 Å². The fourth-order valence-corrected chi connectivity index (χ4v) is 3.56. The zero-order valence-corrected chi connectivity index (χ0v) is 13.5. The van der Waals surface area contributed by atoms with E-state index in [0.29, 0.717) is 12.6 Å². The van der Waals surface area contributed by atoms with Crippen LogP contribution in [-0.2, 0) is 5.60 Å². The Morgan fingerprint density at radius 3 is 2.33 bits per heavy atom. The third kappa shape index (κ3) is 4.06. The van der Waals surface area contributed by atoms with Crippen molar-refractivity contribution >= 4 is 0 Å². The summed E-state index contributed by atoms with van der Waals surface area (Å²) in [7, 11) is 2.13. The van der Waals surface area contributed by atoms with Crippen LogP contribution in [0.4, 0.5) is 0 Å². The summed E-state index contributed by atoms with van der Waals surface area (Å²) in [6.07, 6.45) is 6.41. The fourth-order valence-electron chi connectivity index (χ4n) is 3.56. The topological polar surface area (TPSA) is 49.5 Å². The molecule has 21 heavy (non-hydrogen) atoms. The minimum Gasteiger partial charge on any atom is -0.382 e. The van der Waals surface area contributed by atoms with E-state index in [1.54, 1.807) is 0 Å². The molecule has 118 valence electrons. The van der Waals surface area contributed by atoms with Gasteiger partial charge in [0.25, 0.3) is 0 Å². The van der Waals surface area contributed by atoms with E-state index in [0.717, 1.165) is 11.5 Å². The summed E-state index contributed by atoms with van der Waals surface area (Å²) in [5.74, 6) is 0.900. The Kier molecular flexibility index (Phi) is 5.80. The van der Waals surface area contributed by atoms with E-state index in [4.69, 9.17) is 5.73 Å². The van der Waals surface area contributed by atoms with Crippen molar-refractivity contribution < 1.29 is 5.11 Å². The van der Waals surface area contributed by atoms with Crippen molar-refractivity contribution in [1.82, 2.24) is 4.90 Å². The molecule has 1 aromatic carbocycles. The Hall–Kier alpha value is -0.900. The summed E-state index contributed by atoms with van der Waals surface area (Å²) in [5, 5.41) is 10.9. The highest BCUT2D eigenvalue weighted by Gasteiger charge is 2.32. The largest absolute Gasteiger partial charge is 0.382 e. The lowest BCUT2D eigenvalue weighted by Crippen LogP contribution is -2.48. The molecule has 1 aromatic rings. The van der Waals surface area contributed by atoms with Crippen molar-refractivity contribution in [3.05, 3.63) is 35.9 Å². The molecule has 1 aliphatic carbocycles. The van der Waals surface area contributed by atoms with Crippen molar-refractivity contribution in [2.75, 3.05) is 20.1 Å². The molecule has 0 heterocycles. The molecular formula is C18H30N2O. The first-order chi connectivity index (χ1) is 10.1. The van der Waals surface area contributed by atoms with Crippen molar-refractivity contribution in [3.8, 4) is 0 Å². The van der Waals surface area contributed by atoms with Gasteiger partial charge in [-0.25, -0.2) is 0 Å². The van der Waals surface area contributed by atoms with Gasteiger partial charge in [0.2, 0.25) is 0 Å². The molecule has 1 aliphatic rings. The maximum absolute atomic E-state index is 10.9. The van der Waals surface area contributed by atoms with E-state index >= 15 is 0 Å². The van der Waals surface area contributed by atoms with E-state index in [2.05, 4.69) is 18.9 Å². The number of aliphatic hydroxyl groups is 1. The summed E-state index contributed by atoms with van der Waals surface area (Å²) in [4.78, 5) is 2.31. The summed E-state index contributed by atoms with van der Waals surface area (Å²) in [6, 6.07) is 10.4.